The second kappa shape index (κ2) is 3.27. The van der Waals surface area contributed by atoms with E-state index >= 15 is 0 Å². The number of aromatic nitrogens is 1. The molecule has 0 fully saturated rings. The molecule has 2 aromatic rings. The van der Waals surface area contributed by atoms with E-state index in [0.717, 1.165) is 16.5 Å². The van der Waals surface area contributed by atoms with E-state index in [1.54, 1.807) is 0 Å². The van der Waals surface area contributed by atoms with Crippen LogP contribution in [0.25, 0.3) is 10.2 Å². The van der Waals surface area contributed by atoms with Gasteiger partial charge in [-0.3, -0.25) is 5.41 Å². The van der Waals surface area contributed by atoms with E-state index in [9.17, 15) is 0 Å². The number of hydrogen-bond donors (Lipinski definition) is 1. The first-order valence-corrected chi connectivity index (χ1v) is 5.67. The first-order chi connectivity index (χ1) is 6.24. The third kappa shape index (κ3) is 1.34. The summed E-state index contributed by atoms with van der Waals surface area (Å²) in [7, 11) is 0. The van der Waals surface area contributed by atoms with Crippen LogP contribution in [0.1, 0.15) is 6.92 Å². The Morgan fingerprint density at radius 3 is 3.00 bits per heavy atom. The van der Waals surface area contributed by atoms with Crippen molar-refractivity contribution in [2.75, 3.05) is 0 Å². The van der Waals surface area contributed by atoms with Gasteiger partial charge >= 0.3 is 0 Å². The number of para-hydroxylation sites is 1. The molecule has 0 aliphatic rings. The fourth-order valence-electron chi connectivity index (χ4n) is 1.40. The molecule has 0 saturated heterocycles. The summed E-state index contributed by atoms with van der Waals surface area (Å²) < 4.78 is 4.24. The first kappa shape index (κ1) is 8.97. The predicted octanol–water partition coefficient (Wildman–Crippen LogP) is 2.96. The Labute approximate surface area is 88.5 Å². The molecule has 1 heterocycles. The maximum absolute atomic E-state index is 7.76. The molecule has 0 bridgehead atoms. The summed E-state index contributed by atoms with van der Waals surface area (Å²) in [5.41, 5.74) is 1.14. The number of benzene rings is 1. The number of aryl methyl sites for hydroxylation is 1. The zero-order chi connectivity index (χ0) is 9.42. The van der Waals surface area contributed by atoms with Crippen LogP contribution in [0.15, 0.2) is 22.7 Å². The highest BCUT2D eigenvalue weighted by molar-refractivity contribution is 9.10. The average Bonchev–Trinajstić information content (AvgIpc) is 2.42. The van der Waals surface area contributed by atoms with Crippen molar-refractivity contribution in [3.05, 3.63) is 27.5 Å². The SMILES string of the molecule is CCn1c(=N)sc2cccc(Br)c21. The van der Waals surface area contributed by atoms with Gasteiger partial charge in [0.2, 0.25) is 0 Å². The molecule has 0 saturated carbocycles. The molecule has 0 spiro atoms. The molecular weight excluding hydrogens is 248 g/mol. The molecule has 1 aromatic carbocycles. The molecule has 2 nitrogen and oxygen atoms in total. The minimum Gasteiger partial charge on any atom is -0.316 e. The van der Waals surface area contributed by atoms with Gasteiger partial charge in [-0.25, -0.2) is 0 Å². The molecule has 0 radical (unpaired) electrons. The summed E-state index contributed by atoms with van der Waals surface area (Å²) in [4.78, 5) is 0.615. The Hall–Kier alpha value is -0.610. The van der Waals surface area contributed by atoms with E-state index in [1.165, 1.54) is 16.0 Å². The lowest BCUT2D eigenvalue weighted by atomic mass is 10.3. The average molecular weight is 257 g/mol. The summed E-state index contributed by atoms with van der Waals surface area (Å²) in [5.74, 6) is 0. The zero-order valence-corrected chi connectivity index (χ0v) is 9.58. The number of nitrogens with one attached hydrogen (secondary N) is 1. The smallest absolute Gasteiger partial charge is 0.182 e. The van der Waals surface area contributed by atoms with Crippen molar-refractivity contribution in [3.8, 4) is 0 Å². The summed E-state index contributed by atoms with van der Waals surface area (Å²) in [6.07, 6.45) is 0. The van der Waals surface area contributed by atoms with Crippen LogP contribution < -0.4 is 4.80 Å². The number of fused-ring (bicyclic) bond motifs is 1. The molecule has 0 aliphatic carbocycles. The lowest BCUT2D eigenvalue weighted by Gasteiger charge is -2.00. The summed E-state index contributed by atoms with van der Waals surface area (Å²) in [6.45, 7) is 2.91. The molecule has 2 rings (SSSR count). The molecule has 13 heavy (non-hydrogen) atoms. The molecule has 0 unspecified atom stereocenters. The Kier molecular flexibility index (Phi) is 2.26. The highest BCUT2D eigenvalue weighted by Crippen LogP contribution is 2.25. The van der Waals surface area contributed by atoms with E-state index in [-0.39, 0.29) is 0 Å². The van der Waals surface area contributed by atoms with Crippen molar-refractivity contribution in [1.29, 1.82) is 5.41 Å². The van der Waals surface area contributed by atoms with Crippen LogP contribution >= 0.6 is 27.3 Å². The van der Waals surface area contributed by atoms with Crippen LogP contribution in [-0.2, 0) is 6.54 Å². The normalized spacial score (nSPS) is 10.9. The second-order valence-corrected chi connectivity index (χ2v) is 4.62. The van der Waals surface area contributed by atoms with Crippen molar-refractivity contribution >= 4 is 37.5 Å². The number of halogens is 1. The fraction of sp³-hybridized carbons (Fsp3) is 0.222. The van der Waals surface area contributed by atoms with Crippen molar-refractivity contribution in [2.24, 2.45) is 0 Å². The van der Waals surface area contributed by atoms with E-state index < -0.39 is 0 Å². The first-order valence-electron chi connectivity index (χ1n) is 4.06. The highest BCUT2D eigenvalue weighted by Gasteiger charge is 2.05. The van der Waals surface area contributed by atoms with Gasteiger partial charge in [0.05, 0.1) is 10.2 Å². The van der Waals surface area contributed by atoms with Crippen molar-refractivity contribution in [1.82, 2.24) is 4.57 Å². The zero-order valence-electron chi connectivity index (χ0n) is 7.17. The number of nitrogens with zero attached hydrogens (tertiary/aromatic N) is 1. The molecule has 0 atom stereocenters. The summed E-state index contributed by atoms with van der Waals surface area (Å²) in [6, 6.07) is 6.07. The predicted molar refractivity (Wildman–Crippen MR) is 59.0 cm³/mol. The number of thiazole rings is 1. The Bertz CT molecular complexity index is 498. The van der Waals surface area contributed by atoms with Crippen LogP contribution in [0.3, 0.4) is 0 Å². The molecule has 68 valence electrons. The Balaban J connectivity index is 2.96. The van der Waals surface area contributed by atoms with Gasteiger partial charge < -0.3 is 4.57 Å². The van der Waals surface area contributed by atoms with Crippen LogP contribution in [0, 0.1) is 5.41 Å². The van der Waals surface area contributed by atoms with E-state index in [2.05, 4.69) is 28.9 Å². The van der Waals surface area contributed by atoms with Crippen molar-refractivity contribution in [2.45, 2.75) is 13.5 Å². The molecule has 0 aliphatic heterocycles. The topological polar surface area (TPSA) is 28.8 Å². The molecule has 4 heteroatoms. The van der Waals surface area contributed by atoms with Crippen LogP contribution in [0.5, 0.6) is 0 Å². The van der Waals surface area contributed by atoms with Crippen LogP contribution in [0.4, 0.5) is 0 Å². The minimum absolute atomic E-state index is 0.615. The minimum atomic E-state index is 0.615. The highest BCUT2D eigenvalue weighted by atomic mass is 79.9. The van der Waals surface area contributed by atoms with Crippen molar-refractivity contribution < 1.29 is 0 Å². The van der Waals surface area contributed by atoms with Crippen LogP contribution in [-0.4, -0.2) is 4.57 Å². The largest absolute Gasteiger partial charge is 0.316 e. The number of rotatable bonds is 1. The summed E-state index contributed by atoms with van der Waals surface area (Å²) in [5, 5.41) is 7.76. The van der Waals surface area contributed by atoms with Gasteiger partial charge in [0.1, 0.15) is 0 Å². The quantitative estimate of drug-likeness (QED) is 0.813. The van der Waals surface area contributed by atoms with Crippen LogP contribution in [0.2, 0.25) is 0 Å². The lowest BCUT2D eigenvalue weighted by molar-refractivity contribution is 0.754. The van der Waals surface area contributed by atoms with Gasteiger partial charge in [-0.2, -0.15) is 0 Å². The monoisotopic (exact) mass is 256 g/mol. The van der Waals surface area contributed by atoms with Gasteiger partial charge in [-0.05, 0) is 35.0 Å². The molecule has 1 aromatic heterocycles. The standard InChI is InChI=1S/C9H9BrN2S/c1-2-12-8-6(10)4-3-5-7(8)13-9(12)11/h3-5,11H,2H2,1H3. The number of hydrogen-bond acceptors (Lipinski definition) is 2. The van der Waals surface area contributed by atoms with Gasteiger partial charge in [0.15, 0.2) is 4.80 Å². The fourth-order valence-corrected chi connectivity index (χ4v) is 3.12. The third-order valence-electron chi connectivity index (χ3n) is 1.99. The maximum atomic E-state index is 7.76. The van der Waals surface area contributed by atoms with Crippen molar-refractivity contribution in [3.63, 3.8) is 0 Å². The van der Waals surface area contributed by atoms with Gasteiger partial charge in [0.25, 0.3) is 0 Å². The van der Waals surface area contributed by atoms with Gasteiger partial charge in [-0.1, -0.05) is 17.4 Å². The molecule has 1 N–H and O–H groups in total. The lowest BCUT2D eigenvalue weighted by Crippen LogP contribution is -2.10. The molecular formula is C9H9BrN2S. The van der Waals surface area contributed by atoms with E-state index in [0.29, 0.717) is 4.80 Å². The summed E-state index contributed by atoms with van der Waals surface area (Å²) >= 11 is 5.02. The third-order valence-corrected chi connectivity index (χ3v) is 3.59. The maximum Gasteiger partial charge on any atom is 0.182 e. The van der Waals surface area contributed by atoms with Gasteiger partial charge in [-0.15, -0.1) is 0 Å². The molecule has 0 amide bonds. The van der Waals surface area contributed by atoms with E-state index in [1.807, 2.05) is 16.7 Å². The second-order valence-electron chi connectivity index (χ2n) is 2.74. The Morgan fingerprint density at radius 2 is 2.31 bits per heavy atom. The Morgan fingerprint density at radius 1 is 1.54 bits per heavy atom. The van der Waals surface area contributed by atoms with E-state index in [4.69, 9.17) is 5.41 Å². The van der Waals surface area contributed by atoms with Gasteiger partial charge in [0, 0.05) is 11.0 Å².